The molecule has 0 fully saturated rings. The molecule has 3 rings (SSSR count). The number of pyridine rings is 1. The number of hydrogen-bond donors (Lipinski definition) is 0. The Hall–Kier alpha value is -2.39. The van der Waals surface area contributed by atoms with Crippen molar-refractivity contribution in [2.45, 2.75) is 0 Å². The minimum atomic E-state index is 0.277. The van der Waals surface area contributed by atoms with Gasteiger partial charge in [0.15, 0.2) is 5.69 Å². The first-order valence-electron chi connectivity index (χ1n) is 5.83. The van der Waals surface area contributed by atoms with Crippen LogP contribution in [0.2, 0.25) is 0 Å². The highest BCUT2D eigenvalue weighted by atomic mass is 79.9. The van der Waals surface area contributed by atoms with Gasteiger partial charge in [-0.3, -0.25) is 0 Å². The molecule has 1 aromatic carbocycles. The van der Waals surface area contributed by atoms with Crippen molar-refractivity contribution in [3.63, 3.8) is 0 Å². The van der Waals surface area contributed by atoms with E-state index in [0.29, 0.717) is 11.4 Å². The van der Waals surface area contributed by atoms with Gasteiger partial charge in [0.2, 0.25) is 5.88 Å². The summed E-state index contributed by atoms with van der Waals surface area (Å²) in [5.41, 5.74) is 2.43. The predicted octanol–water partition coefficient (Wildman–Crippen LogP) is 3.06. The first-order valence-corrected chi connectivity index (χ1v) is 6.62. The molecule has 5 nitrogen and oxygen atoms in total. The van der Waals surface area contributed by atoms with E-state index in [2.05, 4.69) is 32.1 Å². The maximum atomic E-state index is 9.20. The van der Waals surface area contributed by atoms with E-state index in [1.54, 1.807) is 17.9 Å². The van der Waals surface area contributed by atoms with Gasteiger partial charge in [-0.2, -0.15) is 10.4 Å². The number of rotatable bonds is 2. The summed E-state index contributed by atoms with van der Waals surface area (Å²) in [5.74, 6) is 0.461. The Bertz CT molecular complexity index is 835. The van der Waals surface area contributed by atoms with Crippen LogP contribution in [0, 0.1) is 11.3 Å². The molecule has 0 atom stereocenters. The molecule has 0 unspecified atom stereocenters. The summed E-state index contributed by atoms with van der Waals surface area (Å²) in [6, 6.07) is 13.3. The molecular formula is C14H9BrN4O. The van der Waals surface area contributed by atoms with Crippen molar-refractivity contribution >= 4 is 27.0 Å². The zero-order valence-corrected chi connectivity index (χ0v) is 12.1. The second-order valence-corrected chi connectivity index (χ2v) is 4.99. The van der Waals surface area contributed by atoms with E-state index < -0.39 is 0 Å². The first-order chi connectivity index (χ1) is 9.72. The van der Waals surface area contributed by atoms with Gasteiger partial charge in [-0.25, -0.2) is 9.67 Å². The van der Waals surface area contributed by atoms with Crippen LogP contribution in [0.15, 0.2) is 40.9 Å². The zero-order chi connectivity index (χ0) is 14.1. The normalized spacial score (nSPS) is 10.4. The quantitative estimate of drug-likeness (QED) is 0.725. The Kier molecular flexibility index (Phi) is 3.12. The maximum Gasteiger partial charge on any atom is 0.213 e. The molecule has 0 saturated carbocycles. The van der Waals surface area contributed by atoms with Gasteiger partial charge >= 0.3 is 0 Å². The molecule has 6 heteroatoms. The Labute approximate surface area is 123 Å². The smallest absolute Gasteiger partial charge is 0.213 e. The van der Waals surface area contributed by atoms with Gasteiger partial charge in [0, 0.05) is 10.5 Å². The van der Waals surface area contributed by atoms with Gasteiger partial charge < -0.3 is 4.74 Å². The lowest BCUT2D eigenvalue weighted by Gasteiger charge is -2.04. The van der Waals surface area contributed by atoms with Crippen LogP contribution in [-0.2, 0) is 0 Å². The fourth-order valence-corrected chi connectivity index (χ4v) is 2.36. The number of nitriles is 1. The molecule has 0 amide bonds. The highest BCUT2D eigenvalue weighted by Crippen LogP contribution is 2.24. The summed E-state index contributed by atoms with van der Waals surface area (Å²) in [6.45, 7) is 0. The van der Waals surface area contributed by atoms with E-state index in [0.717, 1.165) is 15.7 Å². The fourth-order valence-electron chi connectivity index (χ4n) is 1.97. The van der Waals surface area contributed by atoms with Gasteiger partial charge in [0.1, 0.15) is 11.6 Å². The first kappa shape index (κ1) is 12.6. The lowest BCUT2D eigenvalue weighted by molar-refractivity contribution is 0.399. The number of nitrogens with zero attached hydrogens (tertiary/aromatic N) is 4. The molecule has 0 N–H and O–H groups in total. The molecule has 0 bridgehead atoms. The highest BCUT2D eigenvalue weighted by molar-refractivity contribution is 9.10. The third kappa shape index (κ3) is 2.02. The van der Waals surface area contributed by atoms with Crippen molar-refractivity contribution in [1.82, 2.24) is 14.8 Å². The van der Waals surface area contributed by atoms with Crippen LogP contribution in [0.3, 0.4) is 0 Å². The Balaban J connectivity index is 2.30. The minimum absolute atomic E-state index is 0.277. The van der Waals surface area contributed by atoms with Crippen LogP contribution in [0.1, 0.15) is 5.69 Å². The summed E-state index contributed by atoms with van der Waals surface area (Å²) in [4.78, 5) is 4.29. The van der Waals surface area contributed by atoms with E-state index in [1.807, 2.05) is 30.3 Å². The highest BCUT2D eigenvalue weighted by Gasteiger charge is 2.14. The van der Waals surface area contributed by atoms with Crippen LogP contribution in [0.25, 0.3) is 16.7 Å². The van der Waals surface area contributed by atoms with Gasteiger partial charge in [0.25, 0.3) is 0 Å². The van der Waals surface area contributed by atoms with Crippen molar-refractivity contribution in [2.24, 2.45) is 0 Å². The lowest BCUT2D eigenvalue weighted by Crippen LogP contribution is -1.96. The van der Waals surface area contributed by atoms with Gasteiger partial charge in [-0.05, 0) is 24.3 Å². The maximum absolute atomic E-state index is 9.20. The van der Waals surface area contributed by atoms with Crippen LogP contribution >= 0.6 is 15.9 Å². The van der Waals surface area contributed by atoms with Crippen molar-refractivity contribution in [3.05, 3.63) is 46.6 Å². The summed E-state index contributed by atoms with van der Waals surface area (Å²) in [7, 11) is 1.54. The predicted molar refractivity (Wildman–Crippen MR) is 77.8 cm³/mol. The monoisotopic (exact) mass is 328 g/mol. The molecule has 0 spiro atoms. The largest absolute Gasteiger partial charge is 0.481 e. The Morgan fingerprint density at radius 1 is 1.30 bits per heavy atom. The number of ether oxygens (including phenoxy) is 1. The molecule has 3 aromatic rings. The number of methoxy groups -OCH3 is 1. The second kappa shape index (κ2) is 4.94. The number of fused-ring (bicyclic) bond motifs is 1. The molecule has 0 radical (unpaired) electrons. The summed E-state index contributed by atoms with van der Waals surface area (Å²) < 4.78 is 7.73. The zero-order valence-electron chi connectivity index (χ0n) is 10.5. The van der Waals surface area contributed by atoms with E-state index in [9.17, 15) is 5.26 Å². The summed E-state index contributed by atoms with van der Waals surface area (Å²) >= 11 is 3.43. The standard InChI is InChI=1S/C14H9BrN4O/c1-20-13-6-5-12-14(17-13)11(8-16)18-19(12)10-4-2-3-9(15)7-10/h2-7H,1H3. The van der Waals surface area contributed by atoms with Gasteiger partial charge in [-0.15, -0.1) is 0 Å². The molecule has 0 aliphatic carbocycles. The van der Waals surface area contributed by atoms with Crippen molar-refractivity contribution in [1.29, 1.82) is 5.26 Å². The molecule has 0 aliphatic heterocycles. The van der Waals surface area contributed by atoms with Crippen LogP contribution in [-0.4, -0.2) is 21.9 Å². The van der Waals surface area contributed by atoms with Crippen molar-refractivity contribution in [3.8, 4) is 17.6 Å². The van der Waals surface area contributed by atoms with E-state index in [1.165, 1.54) is 0 Å². The Morgan fingerprint density at radius 2 is 2.15 bits per heavy atom. The van der Waals surface area contributed by atoms with Crippen LogP contribution < -0.4 is 4.74 Å². The van der Waals surface area contributed by atoms with Gasteiger partial charge in [-0.1, -0.05) is 22.0 Å². The fraction of sp³-hybridized carbons (Fsp3) is 0.0714. The average Bonchev–Trinajstić information content (AvgIpc) is 2.85. The topological polar surface area (TPSA) is 63.7 Å². The summed E-state index contributed by atoms with van der Waals surface area (Å²) in [5, 5.41) is 13.5. The molecule has 0 saturated heterocycles. The molecule has 98 valence electrons. The minimum Gasteiger partial charge on any atom is -0.481 e. The van der Waals surface area contributed by atoms with Crippen LogP contribution in [0.4, 0.5) is 0 Å². The van der Waals surface area contributed by atoms with E-state index >= 15 is 0 Å². The van der Waals surface area contributed by atoms with Crippen molar-refractivity contribution < 1.29 is 4.74 Å². The SMILES string of the molecule is COc1ccc2c(n1)c(C#N)nn2-c1cccc(Br)c1. The number of aromatic nitrogens is 3. The molecule has 20 heavy (non-hydrogen) atoms. The molecule has 0 aliphatic rings. The van der Waals surface area contributed by atoms with Crippen LogP contribution in [0.5, 0.6) is 5.88 Å². The number of benzene rings is 1. The summed E-state index contributed by atoms with van der Waals surface area (Å²) in [6.07, 6.45) is 0. The molecule has 2 heterocycles. The average molecular weight is 329 g/mol. The number of halogens is 1. The Morgan fingerprint density at radius 3 is 2.85 bits per heavy atom. The lowest BCUT2D eigenvalue weighted by atomic mass is 10.3. The van der Waals surface area contributed by atoms with Gasteiger partial charge in [0.05, 0.1) is 18.3 Å². The van der Waals surface area contributed by atoms with Crippen molar-refractivity contribution in [2.75, 3.05) is 7.11 Å². The molecule has 2 aromatic heterocycles. The molecular weight excluding hydrogens is 320 g/mol. The third-order valence-corrected chi connectivity index (χ3v) is 3.36. The van der Waals surface area contributed by atoms with E-state index in [4.69, 9.17) is 4.74 Å². The number of hydrogen-bond acceptors (Lipinski definition) is 4. The second-order valence-electron chi connectivity index (χ2n) is 4.07. The third-order valence-electron chi connectivity index (χ3n) is 2.87. The van der Waals surface area contributed by atoms with E-state index in [-0.39, 0.29) is 5.69 Å².